The molecule has 0 aliphatic carbocycles. The molecule has 3 nitrogen and oxygen atoms in total. The number of aryl methyl sites for hydroxylation is 2. The van der Waals surface area contributed by atoms with E-state index in [2.05, 4.69) is 46.7 Å². The number of benzene rings is 1. The molecule has 0 amide bonds. The van der Waals surface area contributed by atoms with E-state index in [4.69, 9.17) is 0 Å². The van der Waals surface area contributed by atoms with Crippen LogP contribution in [0.25, 0.3) is 0 Å². The predicted octanol–water partition coefficient (Wildman–Crippen LogP) is 3.42. The van der Waals surface area contributed by atoms with E-state index in [1.54, 1.807) is 11.8 Å². The second-order valence-electron chi connectivity index (χ2n) is 4.10. The Morgan fingerprint density at radius 2 is 2.17 bits per heavy atom. The molecule has 96 valence electrons. The maximum atomic E-state index is 4.40. The summed E-state index contributed by atoms with van der Waals surface area (Å²) < 4.78 is 5.22. The molecule has 0 saturated carbocycles. The summed E-state index contributed by atoms with van der Waals surface area (Å²) in [5.74, 6) is 0.850. The fourth-order valence-electron chi connectivity index (χ4n) is 1.62. The molecular formula is C13H17N3S2. The number of hydrogen-bond donors (Lipinski definition) is 1. The van der Waals surface area contributed by atoms with Gasteiger partial charge in [-0.15, -0.1) is 0 Å². The molecule has 0 spiro atoms. The predicted molar refractivity (Wildman–Crippen MR) is 77.3 cm³/mol. The molecule has 0 aliphatic rings. The van der Waals surface area contributed by atoms with E-state index < -0.39 is 0 Å². The minimum Gasteiger partial charge on any atom is -0.313 e. The third-order valence-corrected chi connectivity index (χ3v) is 4.45. The molecular weight excluding hydrogens is 262 g/mol. The van der Waals surface area contributed by atoms with Gasteiger partial charge in [-0.2, -0.15) is 4.37 Å². The third kappa shape index (κ3) is 3.54. The van der Waals surface area contributed by atoms with E-state index >= 15 is 0 Å². The lowest BCUT2D eigenvalue weighted by molar-refractivity contribution is 0.717. The van der Waals surface area contributed by atoms with Gasteiger partial charge in [0.25, 0.3) is 0 Å². The van der Waals surface area contributed by atoms with Crippen LogP contribution in [-0.2, 0) is 6.54 Å². The molecule has 1 aromatic carbocycles. The largest absolute Gasteiger partial charge is 0.313 e. The molecule has 0 atom stereocenters. The van der Waals surface area contributed by atoms with Crippen LogP contribution in [0.15, 0.2) is 27.4 Å². The van der Waals surface area contributed by atoms with E-state index in [0.29, 0.717) is 0 Å². The van der Waals surface area contributed by atoms with Crippen molar-refractivity contribution >= 4 is 23.3 Å². The van der Waals surface area contributed by atoms with Crippen LogP contribution < -0.4 is 5.32 Å². The summed E-state index contributed by atoms with van der Waals surface area (Å²) in [6, 6.07) is 6.55. The number of aromatic nitrogens is 2. The summed E-state index contributed by atoms with van der Waals surface area (Å²) in [5.41, 5.74) is 2.62. The van der Waals surface area contributed by atoms with Crippen LogP contribution in [0.3, 0.4) is 0 Å². The van der Waals surface area contributed by atoms with Crippen molar-refractivity contribution in [3.63, 3.8) is 0 Å². The smallest absolute Gasteiger partial charge is 0.174 e. The van der Waals surface area contributed by atoms with Crippen LogP contribution in [0.5, 0.6) is 0 Å². The number of rotatable bonds is 5. The van der Waals surface area contributed by atoms with Gasteiger partial charge < -0.3 is 5.32 Å². The van der Waals surface area contributed by atoms with E-state index in [9.17, 15) is 0 Å². The molecule has 18 heavy (non-hydrogen) atoms. The Balaban J connectivity index is 2.20. The lowest BCUT2D eigenvalue weighted by atomic mass is 10.1. The van der Waals surface area contributed by atoms with Crippen molar-refractivity contribution in [3.8, 4) is 0 Å². The van der Waals surface area contributed by atoms with Gasteiger partial charge in [-0.25, -0.2) is 4.98 Å². The Kier molecular flexibility index (Phi) is 4.74. The first kappa shape index (κ1) is 13.5. The zero-order valence-corrected chi connectivity index (χ0v) is 12.5. The topological polar surface area (TPSA) is 37.8 Å². The summed E-state index contributed by atoms with van der Waals surface area (Å²) in [5, 5.41) is 3.38. The first-order valence-electron chi connectivity index (χ1n) is 5.97. The Morgan fingerprint density at radius 1 is 1.33 bits per heavy atom. The fourth-order valence-corrected chi connectivity index (χ4v) is 3.34. The van der Waals surface area contributed by atoms with Crippen LogP contribution in [-0.4, -0.2) is 15.9 Å². The minimum absolute atomic E-state index is 0.850. The molecule has 2 aromatic rings. The first-order chi connectivity index (χ1) is 8.69. The Morgan fingerprint density at radius 3 is 2.83 bits per heavy atom. The molecule has 0 saturated heterocycles. The number of hydrogen-bond acceptors (Lipinski definition) is 5. The molecule has 1 aromatic heterocycles. The average molecular weight is 279 g/mol. The summed E-state index contributed by atoms with van der Waals surface area (Å²) in [6.07, 6.45) is 0. The Hall–Kier alpha value is -0.910. The molecule has 2 rings (SSSR count). The van der Waals surface area contributed by atoms with Crippen LogP contribution in [0.4, 0.5) is 0 Å². The van der Waals surface area contributed by atoms with Gasteiger partial charge in [0.05, 0.1) is 0 Å². The van der Waals surface area contributed by atoms with Crippen LogP contribution in [0.1, 0.15) is 23.9 Å². The van der Waals surface area contributed by atoms with Crippen molar-refractivity contribution in [3.05, 3.63) is 35.2 Å². The molecule has 1 N–H and O–H groups in total. The summed E-state index contributed by atoms with van der Waals surface area (Å²) in [7, 11) is 0. The van der Waals surface area contributed by atoms with Gasteiger partial charge in [0.2, 0.25) is 0 Å². The average Bonchev–Trinajstić information content (AvgIpc) is 2.75. The van der Waals surface area contributed by atoms with Gasteiger partial charge in [0, 0.05) is 11.4 Å². The normalized spacial score (nSPS) is 10.8. The Labute approximate surface area is 116 Å². The van der Waals surface area contributed by atoms with E-state index in [1.165, 1.54) is 27.6 Å². The van der Waals surface area contributed by atoms with E-state index in [0.717, 1.165) is 23.3 Å². The van der Waals surface area contributed by atoms with Gasteiger partial charge in [0.1, 0.15) is 5.82 Å². The lowest BCUT2D eigenvalue weighted by Gasteiger charge is -2.09. The molecule has 0 radical (unpaired) electrons. The maximum absolute atomic E-state index is 4.40. The summed E-state index contributed by atoms with van der Waals surface area (Å²) >= 11 is 3.16. The van der Waals surface area contributed by atoms with Crippen LogP contribution in [0, 0.1) is 13.8 Å². The van der Waals surface area contributed by atoms with E-state index in [-0.39, 0.29) is 0 Å². The van der Waals surface area contributed by atoms with Crippen molar-refractivity contribution in [1.82, 2.24) is 14.7 Å². The van der Waals surface area contributed by atoms with Crippen molar-refractivity contribution in [2.45, 2.75) is 36.6 Å². The van der Waals surface area contributed by atoms with Crippen molar-refractivity contribution < 1.29 is 0 Å². The highest BCUT2D eigenvalue weighted by Gasteiger charge is 2.08. The third-order valence-electron chi connectivity index (χ3n) is 2.49. The second-order valence-corrected chi connectivity index (χ2v) is 6.14. The van der Waals surface area contributed by atoms with Crippen molar-refractivity contribution in [1.29, 1.82) is 0 Å². The quantitative estimate of drug-likeness (QED) is 0.910. The highest BCUT2D eigenvalue weighted by molar-refractivity contribution is 8.01. The van der Waals surface area contributed by atoms with Gasteiger partial charge >= 0.3 is 0 Å². The van der Waals surface area contributed by atoms with Gasteiger partial charge in [0.15, 0.2) is 4.34 Å². The number of nitrogens with one attached hydrogen (secondary N) is 1. The molecule has 0 unspecified atom stereocenters. The van der Waals surface area contributed by atoms with Crippen LogP contribution >= 0.6 is 23.3 Å². The second kappa shape index (κ2) is 6.31. The zero-order valence-electron chi connectivity index (χ0n) is 10.9. The summed E-state index contributed by atoms with van der Waals surface area (Å²) in [6.45, 7) is 8.05. The molecule has 5 heteroatoms. The van der Waals surface area contributed by atoms with Gasteiger partial charge in [-0.3, -0.25) is 0 Å². The maximum Gasteiger partial charge on any atom is 0.174 e. The minimum atomic E-state index is 0.850. The molecule has 0 fully saturated rings. The van der Waals surface area contributed by atoms with Crippen molar-refractivity contribution in [2.75, 3.05) is 6.54 Å². The standard InChI is InChI=1S/C13H17N3S2/c1-4-14-8-11-7-9(2)5-6-12(11)17-13-15-10(3)16-18-13/h5-7,14H,4,8H2,1-3H3. The molecule has 1 heterocycles. The zero-order chi connectivity index (χ0) is 13.0. The monoisotopic (exact) mass is 279 g/mol. The Bertz CT molecular complexity index is 523. The highest BCUT2D eigenvalue weighted by atomic mass is 32.2. The van der Waals surface area contributed by atoms with Crippen LogP contribution in [0.2, 0.25) is 0 Å². The summed E-state index contributed by atoms with van der Waals surface area (Å²) in [4.78, 5) is 5.66. The SMILES string of the molecule is CCNCc1cc(C)ccc1Sc1nc(C)ns1. The van der Waals surface area contributed by atoms with E-state index in [1.807, 2.05) is 6.92 Å². The molecule has 0 aliphatic heterocycles. The van der Waals surface area contributed by atoms with Gasteiger partial charge in [-0.05, 0) is 43.6 Å². The lowest BCUT2D eigenvalue weighted by Crippen LogP contribution is -2.12. The first-order valence-corrected chi connectivity index (χ1v) is 7.56. The fraction of sp³-hybridized carbons (Fsp3) is 0.385. The number of nitrogens with zero attached hydrogens (tertiary/aromatic N) is 2. The highest BCUT2D eigenvalue weighted by Crippen LogP contribution is 2.32. The van der Waals surface area contributed by atoms with Gasteiger partial charge in [-0.1, -0.05) is 36.4 Å². The van der Waals surface area contributed by atoms with Crippen molar-refractivity contribution in [2.24, 2.45) is 0 Å². The molecule has 0 bridgehead atoms.